The molecule has 2 heterocycles. The van der Waals surface area contributed by atoms with E-state index in [0.29, 0.717) is 18.1 Å². The molecule has 2 N–H and O–H groups in total. The maximum absolute atomic E-state index is 5.66. The number of nitrogens with zero attached hydrogens (tertiary/aromatic N) is 3. The highest BCUT2D eigenvalue weighted by Gasteiger charge is 2.10. The Hall–Kier alpha value is -1.75. The number of aryl methyl sites for hydroxylation is 1. The van der Waals surface area contributed by atoms with Crippen LogP contribution in [-0.2, 0) is 6.42 Å². The molecule has 84 valence electrons. The van der Waals surface area contributed by atoms with Crippen molar-refractivity contribution in [1.29, 1.82) is 0 Å². The fourth-order valence-corrected chi connectivity index (χ4v) is 1.42. The van der Waals surface area contributed by atoms with Crippen LogP contribution in [0.2, 0.25) is 0 Å². The Morgan fingerprint density at radius 1 is 1.50 bits per heavy atom. The van der Waals surface area contributed by atoms with Gasteiger partial charge in [-0.2, -0.15) is 4.98 Å². The number of rotatable bonds is 3. The fourth-order valence-electron chi connectivity index (χ4n) is 1.42. The van der Waals surface area contributed by atoms with Crippen molar-refractivity contribution >= 4 is 0 Å². The van der Waals surface area contributed by atoms with Gasteiger partial charge < -0.3 is 10.3 Å². The van der Waals surface area contributed by atoms with Crippen molar-refractivity contribution in [3.8, 4) is 11.5 Å². The lowest BCUT2D eigenvalue weighted by atomic mass is 10.2. The van der Waals surface area contributed by atoms with E-state index in [0.717, 1.165) is 11.3 Å². The first kappa shape index (κ1) is 10.8. The van der Waals surface area contributed by atoms with Crippen molar-refractivity contribution in [2.75, 3.05) is 0 Å². The molecule has 2 aromatic heterocycles. The van der Waals surface area contributed by atoms with Gasteiger partial charge in [0, 0.05) is 29.9 Å². The van der Waals surface area contributed by atoms with Crippen LogP contribution in [0.15, 0.2) is 22.9 Å². The zero-order valence-electron chi connectivity index (χ0n) is 9.34. The lowest BCUT2D eigenvalue weighted by molar-refractivity contribution is 0.420. The van der Waals surface area contributed by atoms with E-state index in [9.17, 15) is 0 Å². The summed E-state index contributed by atoms with van der Waals surface area (Å²) in [6.45, 7) is 3.83. The smallest absolute Gasteiger partial charge is 0.258 e. The lowest BCUT2D eigenvalue weighted by Gasteiger charge is -1.97. The molecule has 2 rings (SSSR count). The summed E-state index contributed by atoms with van der Waals surface area (Å²) in [7, 11) is 0. The Bertz CT molecular complexity index is 478. The molecule has 0 saturated heterocycles. The first-order valence-electron chi connectivity index (χ1n) is 5.16. The van der Waals surface area contributed by atoms with Gasteiger partial charge in [0.05, 0.1) is 0 Å². The second kappa shape index (κ2) is 4.40. The molecular formula is C11H14N4O. The molecule has 0 fully saturated rings. The topological polar surface area (TPSA) is 77.8 Å². The minimum Gasteiger partial charge on any atom is -0.334 e. The van der Waals surface area contributed by atoms with Crippen molar-refractivity contribution in [2.45, 2.75) is 26.3 Å². The molecule has 0 amide bonds. The van der Waals surface area contributed by atoms with Gasteiger partial charge in [0.25, 0.3) is 5.89 Å². The summed E-state index contributed by atoms with van der Waals surface area (Å²) in [5.41, 5.74) is 7.47. The number of pyridine rings is 1. The van der Waals surface area contributed by atoms with E-state index in [-0.39, 0.29) is 6.04 Å². The van der Waals surface area contributed by atoms with Gasteiger partial charge in [-0.25, -0.2) is 0 Å². The molecule has 0 aliphatic heterocycles. The van der Waals surface area contributed by atoms with E-state index in [1.54, 1.807) is 6.20 Å². The molecule has 0 aliphatic rings. The molecule has 5 heteroatoms. The summed E-state index contributed by atoms with van der Waals surface area (Å²) in [4.78, 5) is 8.39. The molecule has 1 unspecified atom stereocenters. The second-order valence-corrected chi connectivity index (χ2v) is 3.88. The Labute approximate surface area is 93.7 Å². The third-order valence-electron chi connectivity index (χ3n) is 2.12. The van der Waals surface area contributed by atoms with E-state index in [4.69, 9.17) is 10.3 Å². The number of hydrogen-bond donors (Lipinski definition) is 1. The Kier molecular flexibility index (Phi) is 2.96. The standard InChI is InChI=1S/C11H14N4O/c1-7(12)5-10-14-11(16-15-10)9-3-4-13-8(2)6-9/h3-4,6-7H,5,12H2,1-2H3. The molecule has 0 aliphatic carbocycles. The molecule has 0 radical (unpaired) electrons. The zero-order chi connectivity index (χ0) is 11.5. The van der Waals surface area contributed by atoms with E-state index in [1.165, 1.54) is 0 Å². The van der Waals surface area contributed by atoms with E-state index >= 15 is 0 Å². The summed E-state index contributed by atoms with van der Waals surface area (Å²) >= 11 is 0. The molecular weight excluding hydrogens is 204 g/mol. The maximum Gasteiger partial charge on any atom is 0.258 e. The molecule has 16 heavy (non-hydrogen) atoms. The van der Waals surface area contributed by atoms with Gasteiger partial charge in [-0.3, -0.25) is 4.98 Å². The minimum atomic E-state index is 0.0321. The lowest BCUT2D eigenvalue weighted by Crippen LogP contribution is -2.18. The highest BCUT2D eigenvalue weighted by molar-refractivity contribution is 5.52. The Morgan fingerprint density at radius 3 is 3.00 bits per heavy atom. The highest BCUT2D eigenvalue weighted by atomic mass is 16.5. The largest absolute Gasteiger partial charge is 0.334 e. The van der Waals surface area contributed by atoms with Crippen LogP contribution in [0.5, 0.6) is 0 Å². The van der Waals surface area contributed by atoms with E-state index in [2.05, 4.69) is 15.1 Å². The van der Waals surface area contributed by atoms with Crippen LogP contribution in [0.1, 0.15) is 18.4 Å². The van der Waals surface area contributed by atoms with Gasteiger partial charge in [0.2, 0.25) is 0 Å². The first-order chi connectivity index (χ1) is 7.65. The van der Waals surface area contributed by atoms with Gasteiger partial charge in [-0.15, -0.1) is 0 Å². The second-order valence-electron chi connectivity index (χ2n) is 3.88. The van der Waals surface area contributed by atoms with Gasteiger partial charge in [0.1, 0.15) is 0 Å². The number of nitrogens with two attached hydrogens (primary N) is 1. The summed E-state index contributed by atoms with van der Waals surface area (Å²) in [5.74, 6) is 1.15. The van der Waals surface area contributed by atoms with Crippen molar-refractivity contribution < 1.29 is 4.52 Å². The van der Waals surface area contributed by atoms with E-state index in [1.807, 2.05) is 26.0 Å². The third kappa shape index (κ3) is 2.43. The molecule has 2 aromatic rings. The molecule has 0 aromatic carbocycles. The maximum atomic E-state index is 5.66. The van der Waals surface area contributed by atoms with Crippen LogP contribution in [0.3, 0.4) is 0 Å². The molecule has 0 spiro atoms. The van der Waals surface area contributed by atoms with Gasteiger partial charge in [-0.05, 0) is 26.0 Å². The quantitative estimate of drug-likeness (QED) is 0.840. The van der Waals surface area contributed by atoms with Gasteiger partial charge in [-0.1, -0.05) is 5.16 Å². The summed E-state index contributed by atoms with van der Waals surface area (Å²) in [6.07, 6.45) is 2.34. The number of hydrogen-bond acceptors (Lipinski definition) is 5. The average molecular weight is 218 g/mol. The minimum absolute atomic E-state index is 0.0321. The van der Waals surface area contributed by atoms with Gasteiger partial charge in [0.15, 0.2) is 5.82 Å². The summed E-state index contributed by atoms with van der Waals surface area (Å²) < 4.78 is 5.16. The van der Waals surface area contributed by atoms with Crippen molar-refractivity contribution in [3.63, 3.8) is 0 Å². The van der Waals surface area contributed by atoms with Crippen molar-refractivity contribution in [1.82, 2.24) is 15.1 Å². The van der Waals surface area contributed by atoms with Crippen LogP contribution in [0.4, 0.5) is 0 Å². The first-order valence-corrected chi connectivity index (χ1v) is 5.16. The highest BCUT2D eigenvalue weighted by Crippen LogP contribution is 2.17. The fraction of sp³-hybridized carbons (Fsp3) is 0.364. The van der Waals surface area contributed by atoms with Gasteiger partial charge >= 0.3 is 0 Å². The number of aromatic nitrogens is 3. The van der Waals surface area contributed by atoms with Crippen LogP contribution >= 0.6 is 0 Å². The third-order valence-corrected chi connectivity index (χ3v) is 2.12. The predicted molar refractivity (Wildman–Crippen MR) is 59.6 cm³/mol. The zero-order valence-corrected chi connectivity index (χ0v) is 9.34. The molecule has 0 saturated carbocycles. The predicted octanol–water partition coefficient (Wildman–Crippen LogP) is 1.33. The Balaban J connectivity index is 2.24. The molecule has 1 atom stereocenters. The Morgan fingerprint density at radius 2 is 2.31 bits per heavy atom. The SMILES string of the molecule is Cc1cc(-c2nc(CC(C)N)no2)ccn1. The summed E-state index contributed by atoms with van der Waals surface area (Å²) in [6, 6.07) is 3.78. The summed E-state index contributed by atoms with van der Waals surface area (Å²) in [5, 5.41) is 3.88. The average Bonchev–Trinajstić information content (AvgIpc) is 2.65. The molecule has 0 bridgehead atoms. The van der Waals surface area contributed by atoms with Crippen LogP contribution in [0.25, 0.3) is 11.5 Å². The van der Waals surface area contributed by atoms with Crippen LogP contribution < -0.4 is 5.73 Å². The molecule has 5 nitrogen and oxygen atoms in total. The van der Waals surface area contributed by atoms with Crippen molar-refractivity contribution in [3.05, 3.63) is 29.8 Å². The van der Waals surface area contributed by atoms with Crippen molar-refractivity contribution in [2.24, 2.45) is 5.73 Å². The van der Waals surface area contributed by atoms with Crippen LogP contribution in [-0.4, -0.2) is 21.2 Å². The van der Waals surface area contributed by atoms with Crippen LogP contribution in [0, 0.1) is 6.92 Å². The monoisotopic (exact) mass is 218 g/mol. The normalized spacial score (nSPS) is 12.7. The van der Waals surface area contributed by atoms with E-state index < -0.39 is 0 Å².